The number of hydrogen-bond donors (Lipinski definition) is 1. The van der Waals surface area contributed by atoms with Crippen molar-refractivity contribution in [3.63, 3.8) is 0 Å². The van der Waals surface area contributed by atoms with E-state index in [1.807, 2.05) is 36.4 Å². The second-order valence-electron chi connectivity index (χ2n) is 6.89. The van der Waals surface area contributed by atoms with Crippen LogP contribution in [-0.2, 0) is 13.2 Å². The number of ether oxygens (including phenoxy) is 1. The van der Waals surface area contributed by atoms with Gasteiger partial charge in [0.15, 0.2) is 0 Å². The number of para-hydroxylation sites is 1. The zero-order valence-corrected chi connectivity index (χ0v) is 18.0. The third-order valence-electron chi connectivity index (χ3n) is 4.63. The predicted octanol–water partition coefficient (Wildman–Crippen LogP) is 5.66. The van der Waals surface area contributed by atoms with Gasteiger partial charge in [-0.05, 0) is 51.8 Å². The number of nitrogens with zero attached hydrogens (tertiary/aromatic N) is 2. The van der Waals surface area contributed by atoms with E-state index in [9.17, 15) is 9.18 Å². The van der Waals surface area contributed by atoms with E-state index in [0.29, 0.717) is 23.4 Å². The van der Waals surface area contributed by atoms with E-state index in [2.05, 4.69) is 26.3 Å². The van der Waals surface area contributed by atoms with E-state index < -0.39 is 0 Å². The molecule has 0 radical (unpaired) electrons. The lowest BCUT2D eigenvalue weighted by atomic mass is 10.1. The lowest BCUT2D eigenvalue weighted by Crippen LogP contribution is -2.11. The van der Waals surface area contributed by atoms with Gasteiger partial charge in [0.1, 0.15) is 18.2 Å². The van der Waals surface area contributed by atoms with Gasteiger partial charge in [-0.2, -0.15) is 5.10 Å². The van der Waals surface area contributed by atoms with Crippen molar-refractivity contribution in [1.82, 2.24) is 9.78 Å². The van der Waals surface area contributed by atoms with E-state index >= 15 is 0 Å². The average molecular weight is 480 g/mol. The number of rotatable bonds is 7. The fraction of sp³-hybridized carbons (Fsp3) is 0.0833. The first kappa shape index (κ1) is 20.8. The maximum absolute atomic E-state index is 13.8. The van der Waals surface area contributed by atoms with Crippen molar-refractivity contribution in [3.8, 4) is 5.75 Å². The number of carbonyl (C=O) groups excluding carboxylic acids is 1. The highest BCUT2D eigenvalue weighted by atomic mass is 79.9. The zero-order valence-electron chi connectivity index (χ0n) is 16.5. The predicted molar refractivity (Wildman–Crippen MR) is 121 cm³/mol. The summed E-state index contributed by atoms with van der Waals surface area (Å²) in [5.41, 5.74) is 2.54. The topological polar surface area (TPSA) is 56.2 Å². The van der Waals surface area contributed by atoms with Crippen LogP contribution in [0.5, 0.6) is 5.75 Å². The van der Waals surface area contributed by atoms with Crippen molar-refractivity contribution in [1.29, 1.82) is 0 Å². The molecule has 0 aliphatic rings. The van der Waals surface area contributed by atoms with Crippen LogP contribution in [0.4, 0.5) is 10.1 Å². The summed E-state index contributed by atoms with van der Waals surface area (Å²) in [6, 6.07) is 21.4. The standard InChI is InChI=1S/C24H19BrFN3O2/c25-21-6-2-4-8-23(21)31-16-17-9-11-18(12-10-17)24(30)28-20-13-27-29(15-20)14-19-5-1-3-7-22(19)26/h1-13,15H,14,16H2,(H,28,30). The van der Waals surface area contributed by atoms with Crippen molar-refractivity contribution < 1.29 is 13.9 Å². The highest BCUT2D eigenvalue weighted by Crippen LogP contribution is 2.24. The van der Waals surface area contributed by atoms with Crippen molar-refractivity contribution in [2.75, 3.05) is 5.32 Å². The number of nitrogens with one attached hydrogen (secondary N) is 1. The summed E-state index contributed by atoms with van der Waals surface area (Å²) >= 11 is 3.45. The van der Waals surface area contributed by atoms with Crippen LogP contribution in [0.1, 0.15) is 21.5 Å². The van der Waals surface area contributed by atoms with Gasteiger partial charge in [-0.1, -0.05) is 42.5 Å². The molecular formula is C24H19BrFN3O2. The largest absolute Gasteiger partial charge is 0.488 e. The summed E-state index contributed by atoms with van der Waals surface area (Å²) in [7, 11) is 0. The van der Waals surface area contributed by atoms with Gasteiger partial charge in [0.25, 0.3) is 5.91 Å². The molecule has 5 nitrogen and oxygen atoms in total. The molecule has 31 heavy (non-hydrogen) atoms. The number of benzene rings is 3. The molecule has 4 rings (SSSR count). The van der Waals surface area contributed by atoms with Crippen LogP contribution in [0, 0.1) is 5.82 Å². The monoisotopic (exact) mass is 479 g/mol. The van der Waals surface area contributed by atoms with Crippen LogP contribution in [-0.4, -0.2) is 15.7 Å². The maximum atomic E-state index is 13.8. The number of halogens is 2. The SMILES string of the molecule is O=C(Nc1cnn(Cc2ccccc2F)c1)c1ccc(COc2ccccc2Br)cc1. The highest BCUT2D eigenvalue weighted by molar-refractivity contribution is 9.10. The number of aromatic nitrogens is 2. The molecule has 0 bridgehead atoms. The van der Waals surface area contributed by atoms with Crippen molar-refractivity contribution in [2.24, 2.45) is 0 Å². The molecule has 0 aliphatic carbocycles. The summed E-state index contributed by atoms with van der Waals surface area (Å²) in [4.78, 5) is 12.5. The molecule has 7 heteroatoms. The first-order valence-corrected chi connectivity index (χ1v) is 10.4. The van der Waals surface area contributed by atoms with Gasteiger partial charge >= 0.3 is 0 Å². The minimum atomic E-state index is -0.285. The molecule has 1 aromatic heterocycles. The molecule has 156 valence electrons. The third-order valence-corrected chi connectivity index (χ3v) is 5.28. The molecule has 0 aliphatic heterocycles. The van der Waals surface area contributed by atoms with Gasteiger partial charge in [-0.15, -0.1) is 0 Å². The Morgan fingerprint density at radius 1 is 1.03 bits per heavy atom. The minimum absolute atomic E-state index is 0.247. The molecule has 1 amide bonds. The first-order valence-electron chi connectivity index (χ1n) is 9.62. The molecule has 1 N–H and O–H groups in total. The summed E-state index contributed by atoms with van der Waals surface area (Å²) < 4.78 is 22.1. The minimum Gasteiger partial charge on any atom is -0.488 e. The Labute approximate surface area is 187 Å². The van der Waals surface area contributed by atoms with E-state index in [4.69, 9.17) is 4.74 Å². The van der Waals surface area contributed by atoms with Crippen LogP contribution >= 0.6 is 15.9 Å². The molecule has 3 aromatic carbocycles. The smallest absolute Gasteiger partial charge is 0.255 e. The fourth-order valence-corrected chi connectivity index (χ4v) is 3.39. The Kier molecular flexibility index (Phi) is 6.43. The van der Waals surface area contributed by atoms with Crippen LogP contribution < -0.4 is 10.1 Å². The Bertz CT molecular complexity index is 1190. The number of amides is 1. The number of hydrogen-bond acceptors (Lipinski definition) is 3. The number of anilines is 1. The molecule has 0 atom stereocenters. The van der Waals surface area contributed by atoms with Gasteiger partial charge in [0, 0.05) is 17.3 Å². The number of carbonyl (C=O) groups is 1. The normalized spacial score (nSPS) is 10.6. The molecule has 0 saturated heterocycles. The van der Waals surface area contributed by atoms with E-state index in [1.165, 1.54) is 6.07 Å². The third kappa shape index (κ3) is 5.38. The van der Waals surface area contributed by atoms with Crippen LogP contribution in [0.25, 0.3) is 0 Å². The summed E-state index contributed by atoms with van der Waals surface area (Å²) in [5, 5.41) is 7.00. The van der Waals surface area contributed by atoms with Crippen molar-refractivity contribution >= 4 is 27.5 Å². The summed E-state index contributed by atoms with van der Waals surface area (Å²) in [6.07, 6.45) is 3.21. The second kappa shape index (κ2) is 9.57. The second-order valence-corrected chi connectivity index (χ2v) is 7.74. The lowest BCUT2D eigenvalue weighted by molar-refractivity contribution is 0.102. The van der Waals surface area contributed by atoms with Gasteiger partial charge in [0.2, 0.25) is 0 Å². The highest BCUT2D eigenvalue weighted by Gasteiger charge is 2.09. The summed E-state index contributed by atoms with van der Waals surface area (Å²) in [5.74, 6) is 0.229. The average Bonchev–Trinajstić information content (AvgIpc) is 3.22. The Morgan fingerprint density at radius 2 is 1.77 bits per heavy atom. The summed E-state index contributed by atoms with van der Waals surface area (Å²) in [6.45, 7) is 0.683. The molecular weight excluding hydrogens is 461 g/mol. The van der Waals surface area contributed by atoms with Gasteiger partial charge in [0.05, 0.1) is 22.9 Å². The molecule has 1 heterocycles. The zero-order chi connectivity index (χ0) is 21.6. The van der Waals surface area contributed by atoms with Gasteiger partial charge in [-0.3, -0.25) is 9.48 Å². The fourth-order valence-electron chi connectivity index (χ4n) is 2.99. The molecule has 0 saturated carbocycles. The maximum Gasteiger partial charge on any atom is 0.255 e. The van der Waals surface area contributed by atoms with Gasteiger partial charge in [-0.25, -0.2) is 4.39 Å². The quantitative estimate of drug-likeness (QED) is 0.371. The van der Waals surface area contributed by atoms with Gasteiger partial charge < -0.3 is 10.1 Å². The molecule has 0 unspecified atom stereocenters. The lowest BCUT2D eigenvalue weighted by Gasteiger charge is -2.09. The molecule has 0 fully saturated rings. The van der Waals surface area contributed by atoms with E-state index in [0.717, 1.165) is 15.8 Å². The van der Waals surface area contributed by atoms with E-state index in [1.54, 1.807) is 47.4 Å². The Hall–Kier alpha value is -3.45. The van der Waals surface area contributed by atoms with Crippen molar-refractivity contribution in [2.45, 2.75) is 13.2 Å². The first-order chi connectivity index (χ1) is 15.1. The molecule has 4 aromatic rings. The Morgan fingerprint density at radius 3 is 2.55 bits per heavy atom. The van der Waals surface area contributed by atoms with E-state index in [-0.39, 0.29) is 18.3 Å². The Balaban J connectivity index is 1.34. The van der Waals surface area contributed by atoms with Crippen molar-refractivity contribution in [3.05, 3.63) is 112 Å². The van der Waals surface area contributed by atoms with Crippen LogP contribution in [0.2, 0.25) is 0 Å². The van der Waals surface area contributed by atoms with Crippen LogP contribution in [0.15, 0.2) is 89.7 Å². The van der Waals surface area contributed by atoms with Crippen LogP contribution in [0.3, 0.4) is 0 Å². The molecule has 0 spiro atoms.